The van der Waals surface area contributed by atoms with E-state index in [2.05, 4.69) is 20.9 Å². The minimum atomic E-state index is -0.794. The van der Waals surface area contributed by atoms with Gasteiger partial charge in [0.1, 0.15) is 0 Å². The molecule has 0 unspecified atom stereocenters. The predicted octanol–water partition coefficient (Wildman–Crippen LogP) is 3.84. The molecular weight excluding hydrogens is 734 g/mol. The Balaban J connectivity index is 0.825. The van der Waals surface area contributed by atoms with Gasteiger partial charge in [-0.1, -0.05) is 6.07 Å². The van der Waals surface area contributed by atoms with Gasteiger partial charge in [0.05, 0.1) is 49.6 Å². The van der Waals surface area contributed by atoms with Gasteiger partial charge in [0.25, 0.3) is 0 Å². The minimum Gasteiger partial charge on any atom is -0.481 e. The summed E-state index contributed by atoms with van der Waals surface area (Å²) in [6.45, 7) is 2.79. The smallest absolute Gasteiger partial charge is 0.303 e. The number of amides is 4. The highest BCUT2D eigenvalue weighted by atomic mass is 16.5. The van der Waals surface area contributed by atoms with Crippen LogP contribution in [0.5, 0.6) is 0 Å². The minimum absolute atomic E-state index is 0.0331. The summed E-state index contributed by atoms with van der Waals surface area (Å²) in [7, 11) is 1.73. The van der Waals surface area contributed by atoms with Crippen molar-refractivity contribution < 1.29 is 48.0 Å². The highest BCUT2D eigenvalue weighted by Gasteiger charge is 2.42. The van der Waals surface area contributed by atoms with Gasteiger partial charge in [0, 0.05) is 77.0 Å². The molecule has 15 nitrogen and oxygen atoms in total. The number of carbonyl (C=O) groups excluding carboxylic acids is 4. The van der Waals surface area contributed by atoms with Gasteiger partial charge < -0.3 is 44.9 Å². The molecule has 3 saturated carbocycles. The monoisotopic (exact) mass is 799 g/mol. The van der Waals surface area contributed by atoms with Crippen LogP contribution in [-0.2, 0) is 42.9 Å². The maximum Gasteiger partial charge on any atom is 0.303 e. The Morgan fingerprint density at radius 1 is 0.737 bits per heavy atom. The second-order valence-electron chi connectivity index (χ2n) is 16.1. The third-order valence-corrected chi connectivity index (χ3v) is 12.0. The molecule has 0 radical (unpaired) electrons. The van der Waals surface area contributed by atoms with Gasteiger partial charge in [-0.05, 0) is 102 Å². The first-order valence-corrected chi connectivity index (χ1v) is 21.3. The second-order valence-corrected chi connectivity index (χ2v) is 16.1. The van der Waals surface area contributed by atoms with E-state index in [0.29, 0.717) is 58.8 Å². The van der Waals surface area contributed by atoms with Crippen LogP contribution < -0.4 is 16.0 Å². The van der Waals surface area contributed by atoms with Crippen LogP contribution in [0.15, 0.2) is 24.5 Å². The molecule has 4 N–H and O–H groups in total. The molecule has 3 aliphatic carbocycles. The number of nitrogens with zero attached hydrogens (tertiary/aromatic N) is 2. The average molecular weight is 800 g/mol. The molecule has 1 aliphatic heterocycles. The van der Waals surface area contributed by atoms with Crippen molar-refractivity contribution >= 4 is 29.6 Å². The zero-order chi connectivity index (χ0) is 40.4. The first kappa shape index (κ1) is 44.4. The number of pyridine rings is 1. The summed E-state index contributed by atoms with van der Waals surface area (Å²) in [5, 5.41) is 17.9. The van der Waals surface area contributed by atoms with Gasteiger partial charge >= 0.3 is 5.97 Å². The Morgan fingerprint density at radius 2 is 1.26 bits per heavy atom. The molecule has 2 atom stereocenters. The summed E-state index contributed by atoms with van der Waals surface area (Å²) >= 11 is 0. The number of ether oxygens (including phenoxy) is 4. The molecule has 15 heteroatoms. The number of carboxylic acids is 1. The topological polar surface area (TPSA) is 195 Å². The van der Waals surface area contributed by atoms with Crippen molar-refractivity contribution in [1.29, 1.82) is 0 Å². The van der Waals surface area contributed by atoms with Gasteiger partial charge in [0.15, 0.2) is 0 Å². The summed E-state index contributed by atoms with van der Waals surface area (Å²) in [5.41, 5.74) is 0.855. The number of hydrogen-bond donors (Lipinski definition) is 4. The Labute approximate surface area is 337 Å². The fourth-order valence-electron chi connectivity index (χ4n) is 8.67. The molecule has 0 bridgehead atoms. The second kappa shape index (κ2) is 23.7. The van der Waals surface area contributed by atoms with Crippen molar-refractivity contribution in [3.8, 4) is 0 Å². The third kappa shape index (κ3) is 14.9. The lowest BCUT2D eigenvalue weighted by atomic mass is 9.85. The van der Waals surface area contributed by atoms with Crippen molar-refractivity contribution in [2.75, 3.05) is 46.6 Å². The van der Waals surface area contributed by atoms with E-state index >= 15 is 0 Å². The number of likely N-dealkylation sites (tertiary alicyclic amines) is 1. The van der Waals surface area contributed by atoms with Crippen LogP contribution >= 0.6 is 0 Å². The largest absolute Gasteiger partial charge is 0.481 e. The molecule has 1 saturated heterocycles. The van der Waals surface area contributed by atoms with Crippen LogP contribution in [-0.4, -0.2) is 122 Å². The maximum atomic E-state index is 13.0. The number of aromatic nitrogens is 1. The number of aliphatic carboxylic acids is 1. The van der Waals surface area contributed by atoms with Gasteiger partial charge in [-0.3, -0.25) is 29.0 Å². The molecule has 1 aromatic heterocycles. The first-order valence-electron chi connectivity index (χ1n) is 21.3. The van der Waals surface area contributed by atoms with Crippen LogP contribution in [0, 0.1) is 11.8 Å². The van der Waals surface area contributed by atoms with E-state index in [1.807, 2.05) is 12.1 Å². The molecule has 57 heavy (non-hydrogen) atoms. The van der Waals surface area contributed by atoms with E-state index in [1.165, 1.54) is 0 Å². The molecule has 4 amide bonds. The summed E-state index contributed by atoms with van der Waals surface area (Å²) in [4.78, 5) is 67.2. The Kier molecular flexibility index (Phi) is 18.5. The Morgan fingerprint density at radius 3 is 1.79 bits per heavy atom. The lowest BCUT2D eigenvalue weighted by molar-refractivity contribution is -0.137. The first-order chi connectivity index (χ1) is 27.7. The molecule has 2 heterocycles. The number of nitrogens with one attached hydrogen (secondary N) is 3. The van der Waals surface area contributed by atoms with Crippen molar-refractivity contribution in [3.63, 3.8) is 0 Å². The quantitative estimate of drug-likeness (QED) is 0.125. The Hall–Kier alpha value is -3.66. The molecule has 318 valence electrons. The van der Waals surface area contributed by atoms with E-state index in [-0.39, 0.29) is 78.9 Å². The zero-order valence-corrected chi connectivity index (χ0v) is 33.7. The predicted molar refractivity (Wildman–Crippen MR) is 210 cm³/mol. The molecule has 4 fully saturated rings. The van der Waals surface area contributed by atoms with E-state index in [9.17, 15) is 24.0 Å². The summed E-state index contributed by atoms with van der Waals surface area (Å²) in [5.74, 6) is -1.39. The molecule has 1 aromatic rings. The fourth-order valence-corrected chi connectivity index (χ4v) is 8.67. The van der Waals surface area contributed by atoms with Gasteiger partial charge in [-0.15, -0.1) is 0 Å². The third-order valence-electron chi connectivity index (χ3n) is 12.0. The summed E-state index contributed by atoms with van der Waals surface area (Å²) < 4.78 is 23.9. The van der Waals surface area contributed by atoms with Crippen LogP contribution in [0.4, 0.5) is 0 Å². The van der Waals surface area contributed by atoms with Crippen molar-refractivity contribution in [2.45, 2.75) is 146 Å². The van der Waals surface area contributed by atoms with Gasteiger partial charge in [-0.25, -0.2) is 0 Å². The number of carbonyl (C=O) groups is 5. The molecule has 0 aromatic carbocycles. The van der Waals surface area contributed by atoms with Crippen LogP contribution in [0.25, 0.3) is 0 Å². The van der Waals surface area contributed by atoms with E-state index in [1.54, 1.807) is 24.3 Å². The summed E-state index contributed by atoms with van der Waals surface area (Å²) in [6.07, 6.45) is 16.2. The highest BCUT2D eigenvalue weighted by molar-refractivity contribution is 5.90. The average Bonchev–Trinajstić information content (AvgIpc) is 3.52. The van der Waals surface area contributed by atoms with E-state index < -0.39 is 11.9 Å². The fraction of sp³-hybridized carbons (Fsp3) is 0.762. The Bertz CT molecular complexity index is 1410. The zero-order valence-electron chi connectivity index (χ0n) is 33.7. The SMILES string of the molecule is CN1C(=O)C[C@H](C(=O)NCCOC2CCC(OCCCC(=O)NC3CCC(C(=O)NCCOC4CCC(OCCCC(=O)O)CC4)CC3)CC2)[C@H]1c1cccnc1. The number of rotatable bonds is 22. The molecule has 0 spiro atoms. The number of carboxylic acid groups (broad SMARTS) is 1. The molecular formula is C42H65N5O10. The van der Waals surface area contributed by atoms with Crippen LogP contribution in [0.3, 0.4) is 0 Å². The van der Waals surface area contributed by atoms with E-state index in [0.717, 1.165) is 82.6 Å². The standard InChI is InChI=1S/C42H65N5O10/c1-47-38(49)27-36(40(47)30-5-2-20-43-28-30)42(53)45-22-26-57-35-16-12-32(13-17-35)54-23-3-6-37(48)46-31-10-8-29(9-11-31)41(52)44-21-25-56-34-18-14-33(15-19-34)55-24-4-7-39(50)51/h2,5,20,28-29,31-36,40H,3-4,6-19,21-27H2,1H3,(H,44,52)(H,45,53)(H,46,48)(H,50,51)/t29?,31?,32?,33?,34?,35?,36-,40+/m0/s1. The van der Waals surface area contributed by atoms with Gasteiger partial charge in [-0.2, -0.15) is 0 Å². The lowest BCUT2D eigenvalue weighted by Gasteiger charge is -2.29. The number of hydrogen-bond acceptors (Lipinski definition) is 10. The molecule has 4 aliphatic rings. The lowest BCUT2D eigenvalue weighted by Crippen LogP contribution is -2.41. The van der Waals surface area contributed by atoms with E-state index in [4.69, 9.17) is 24.1 Å². The van der Waals surface area contributed by atoms with Crippen molar-refractivity contribution in [3.05, 3.63) is 30.1 Å². The normalized spacial score (nSPS) is 27.8. The van der Waals surface area contributed by atoms with Crippen LogP contribution in [0.2, 0.25) is 0 Å². The highest BCUT2D eigenvalue weighted by Crippen LogP contribution is 2.36. The molecule has 5 rings (SSSR count). The summed E-state index contributed by atoms with van der Waals surface area (Å²) in [6, 6.07) is 3.49. The van der Waals surface area contributed by atoms with Gasteiger partial charge in [0.2, 0.25) is 23.6 Å². The van der Waals surface area contributed by atoms with Crippen molar-refractivity contribution in [2.24, 2.45) is 11.8 Å². The maximum absolute atomic E-state index is 13.0. The van der Waals surface area contributed by atoms with Crippen molar-refractivity contribution in [1.82, 2.24) is 25.8 Å². The van der Waals surface area contributed by atoms with Crippen LogP contribution in [0.1, 0.15) is 121 Å².